The fraction of sp³-hybridized carbons (Fsp3) is 0.284. The van der Waals surface area contributed by atoms with Crippen molar-refractivity contribution in [3.8, 4) is 34.5 Å². The lowest BCUT2D eigenvalue weighted by atomic mass is 10.00. The van der Waals surface area contributed by atoms with Crippen LogP contribution in [0.1, 0.15) is 139 Å². The van der Waals surface area contributed by atoms with Gasteiger partial charge in [-0.3, -0.25) is 28.8 Å². The van der Waals surface area contributed by atoms with Gasteiger partial charge < -0.3 is 56.8 Å². The van der Waals surface area contributed by atoms with Crippen molar-refractivity contribution in [3.63, 3.8) is 0 Å². The minimum Gasteiger partial charge on any atom is -0.489 e. The summed E-state index contributed by atoms with van der Waals surface area (Å²) in [6.07, 6.45) is 1.25. The molecule has 0 aromatic heterocycles. The van der Waals surface area contributed by atoms with Gasteiger partial charge in [0.05, 0.1) is 81.2 Å². The molecule has 0 amide bonds. The third-order valence-corrected chi connectivity index (χ3v) is 23.2. The first-order valence-electron chi connectivity index (χ1n) is 42.5. The van der Waals surface area contributed by atoms with Crippen LogP contribution in [0.15, 0.2) is 229 Å². The number of carbonyl (C=O) groups is 6. The number of benzene rings is 12. The van der Waals surface area contributed by atoms with E-state index in [-0.39, 0.29) is 80.8 Å². The van der Waals surface area contributed by atoms with E-state index >= 15 is 0 Å². The average molecular weight is 1980 g/mol. The molecular formula is C109H118BrClFIO18. The second-order valence-electron chi connectivity index (χ2n) is 31.4. The normalized spacial score (nSPS) is 10.3. The van der Waals surface area contributed by atoms with Gasteiger partial charge in [-0.2, -0.15) is 0 Å². The Kier molecular flexibility index (Phi) is 43.9. The maximum atomic E-state index is 14.0. The van der Waals surface area contributed by atoms with Gasteiger partial charge in [-0.1, -0.05) is 225 Å². The fourth-order valence-corrected chi connectivity index (χ4v) is 15.2. The SMILES string of the molecule is COC(=O)Cc1cccc(Br)c1COc1ccc(C)cc1C.COC(=O)Cc1cccc(C)c1COc1ccc(C)cc1C.COC(=O)Cc1cccc(Cl)c1COc1ccc(C)cc1C.COC(=O)Cc1cccc(F)c1COc1ccc(C)cc1C.COC(=O)Cc1cccc(I)c1COc1ccc(C)cc1C.COC(=O)Cc1ccccc1COc1ccc(C)cc1C. The molecule has 12 aromatic rings. The first-order valence-corrected chi connectivity index (χ1v) is 44.7. The summed E-state index contributed by atoms with van der Waals surface area (Å²) in [7, 11) is 8.29. The van der Waals surface area contributed by atoms with E-state index in [9.17, 15) is 33.2 Å². The number of ether oxygens (including phenoxy) is 12. The number of hydrogen-bond donors (Lipinski definition) is 0. The van der Waals surface area contributed by atoms with Gasteiger partial charge >= 0.3 is 35.8 Å². The van der Waals surface area contributed by atoms with Gasteiger partial charge in [0.15, 0.2) is 0 Å². The monoisotopic (exact) mass is 1970 g/mol. The number of rotatable bonds is 30. The van der Waals surface area contributed by atoms with Gasteiger partial charge in [-0.15, -0.1) is 0 Å². The smallest absolute Gasteiger partial charge is 0.309 e. The molecule has 0 spiro atoms. The van der Waals surface area contributed by atoms with Crippen LogP contribution in [-0.2, 0) is 135 Å². The van der Waals surface area contributed by atoms with Gasteiger partial charge in [0, 0.05) is 35.3 Å². The lowest BCUT2D eigenvalue weighted by Gasteiger charge is -2.15. The summed E-state index contributed by atoms with van der Waals surface area (Å²) in [5.41, 5.74) is 25.2. The Hall–Kier alpha value is -12.3. The van der Waals surface area contributed by atoms with E-state index in [2.05, 4.69) is 101 Å². The average Bonchev–Trinajstić information content (AvgIpc) is 0.849. The number of carbonyl (C=O) groups excluding carboxylic acids is 6. The molecule has 0 fully saturated rings. The van der Waals surface area contributed by atoms with Crippen molar-refractivity contribution < 1.29 is 90.0 Å². The van der Waals surface area contributed by atoms with E-state index in [1.54, 1.807) is 18.2 Å². The molecule has 12 aromatic carbocycles. The van der Waals surface area contributed by atoms with Crippen LogP contribution in [0, 0.1) is 99.4 Å². The van der Waals surface area contributed by atoms with E-state index in [4.69, 9.17) is 63.7 Å². The molecule has 22 heteroatoms. The minimum atomic E-state index is -0.404. The highest BCUT2D eigenvalue weighted by Crippen LogP contribution is 2.32. The molecule has 18 nitrogen and oxygen atoms in total. The first kappa shape index (κ1) is 106. The van der Waals surface area contributed by atoms with Crippen LogP contribution < -0.4 is 28.4 Å². The molecule has 0 bridgehead atoms. The van der Waals surface area contributed by atoms with Crippen LogP contribution in [0.5, 0.6) is 34.5 Å². The van der Waals surface area contributed by atoms with Crippen LogP contribution in [0.4, 0.5) is 4.39 Å². The summed E-state index contributed by atoms with van der Waals surface area (Å²) in [5.74, 6) is 2.92. The van der Waals surface area contributed by atoms with Crippen molar-refractivity contribution in [2.45, 2.75) is 168 Å². The largest absolute Gasteiger partial charge is 0.489 e. The van der Waals surface area contributed by atoms with Gasteiger partial charge in [0.25, 0.3) is 0 Å². The third-order valence-electron chi connectivity index (χ3n) is 21.1. The molecule has 0 heterocycles. The van der Waals surface area contributed by atoms with Gasteiger partial charge in [0.2, 0.25) is 0 Å². The van der Waals surface area contributed by atoms with Crippen LogP contribution in [-0.4, -0.2) is 78.5 Å². The number of esters is 6. The molecule has 690 valence electrons. The quantitative estimate of drug-likeness (QED) is 0.0232. The van der Waals surface area contributed by atoms with Crippen molar-refractivity contribution in [2.75, 3.05) is 42.7 Å². The highest BCUT2D eigenvalue weighted by atomic mass is 127. The van der Waals surface area contributed by atoms with Gasteiger partial charge in [-0.25, -0.2) is 4.39 Å². The predicted molar refractivity (Wildman–Crippen MR) is 525 cm³/mol. The Bertz CT molecular complexity index is 5180. The Balaban J connectivity index is 0.000000215. The summed E-state index contributed by atoms with van der Waals surface area (Å²) in [6.45, 7) is 28.5. The summed E-state index contributed by atoms with van der Waals surface area (Å²) in [6, 6.07) is 71.8. The minimum absolute atomic E-state index is 0.0276. The Labute approximate surface area is 798 Å². The van der Waals surface area contributed by atoms with Crippen molar-refractivity contribution in [1.29, 1.82) is 0 Å². The van der Waals surface area contributed by atoms with Crippen LogP contribution in [0.25, 0.3) is 0 Å². The van der Waals surface area contributed by atoms with Crippen molar-refractivity contribution in [2.24, 2.45) is 0 Å². The van der Waals surface area contributed by atoms with E-state index < -0.39 is 5.97 Å². The molecule has 0 radical (unpaired) electrons. The zero-order chi connectivity index (χ0) is 95.8. The zero-order valence-corrected chi connectivity index (χ0v) is 82.7. The summed E-state index contributed by atoms with van der Waals surface area (Å²) >= 11 is 12.1. The molecule has 0 aliphatic rings. The second-order valence-corrected chi connectivity index (χ2v) is 33.8. The highest BCUT2D eigenvalue weighted by Gasteiger charge is 2.20. The Morgan fingerprint density at radius 3 is 0.878 bits per heavy atom. The predicted octanol–water partition coefficient (Wildman–Crippen LogP) is 24.1. The number of hydrogen-bond acceptors (Lipinski definition) is 18. The van der Waals surface area contributed by atoms with Gasteiger partial charge in [-0.05, 0) is 257 Å². The topological polar surface area (TPSA) is 213 Å². The van der Waals surface area contributed by atoms with E-state index in [0.29, 0.717) is 54.9 Å². The van der Waals surface area contributed by atoms with Crippen molar-refractivity contribution >= 4 is 85.9 Å². The molecule has 0 N–H and O–H groups in total. The molecule has 0 saturated heterocycles. The summed E-state index contributed by atoms with van der Waals surface area (Å²) in [4.78, 5) is 69.0. The maximum Gasteiger partial charge on any atom is 0.309 e. The first-order chi connectivity index (χ1) is 62.6. The molecule has 12 rings (SSSR count). The molecule has 0 aliphatic carbocycles. The lowest BCUT2D eigenvalue weighted by molar-refractivity contribution is -0.140. The van der Waals surface area contributed by atoms with Gasteiger partial charge in [0.1, 0.15) is 80.0 Å². The molecule has 0 atom stereocenters. The summed E-state index contributed by atoms with van der Waals surface area (Å²) < 4.78 is 79.8. The Morgan fingerprint density at radius 2 is 0.519 bits per heavy atom. The fourth-order valence-electron chi connectivity index (χ4n) is 13.8. The van der Waals surface area contributed by atoms with Crippen molar-refractivity contribution in [1.82, 2.24) is 0 Å². The van der Waals surface area contributed by atoms with Crippen LogP contribution in [0.2, 0.25) is 5.02 Å². The lowest BCUT2D eigenvalue weighted by Crippen LogP contribution is -2.10. The standard InChI is InChI=1S/C19H22O3.C18H19BrO3.C18H19ClO3.C18H19FO3.C18H19IO3.C18H20O3/c1-13-8-9-18(15(3)10-13)22-12-17-14(2)6-5-7-16(17)11-19(20)21-4;4*1-12-7-8-17(13(2)9-12)22-11-15-14(10-18(20)21-3)5-4-6-16(15)19;1-13-8-9-17(14(2)10-13)21-12-16-7-5-4-6-15(16)11-18(19)20-3/h5-10H,11-12H2,1-4H3;4*4-9H,10-11H2,1-3H3;4-10H,11-12H2,1-3H3. The molecule has 0 aliphatic heterocycles. The third kappa shape index (κ3) is 34.8. The molecular weight excluding hydrogens is 1860 g/mol. The highest BCUT2D eigenvalue weighted by molar-refractivity contribution is 14.1. The number of methoxy groups -OCH3 is 6. The van der Waals surface area contributed by atoms with E-state index in [1.807, 2.05) is 232 Å². The molecule has 131 heavy (non-hydrogen) atoms. The van der Waals surface area contributed by atoms with Crippen LogP contribution in [0.3, 0.4) is 0 Å². The molecule has 0 saturated carbocycles. The number of aryl methyl sites for hydroxylation is 13. The number of halogens is 4. The Morgan fingerprint density at radius 1 is 0.267 bits per heavy atom. The van der Waals surface area contributed by atoms with Crippen molar-refractivity contribution in [3.05, 3.63) is 382 Å². The molecule has 0 unspecified atom stereocenters. The maximum absolute atomic E-state index is 14.0. The summed E-state index contributed by atoms with van der Waals surface area (Å²) in [5, 5.41) is 0.589. The van der Waals surface area contributed by atoms with Crippen LogP contribution >= 0.6 is 50.1 Å². The second kappa shape index (κ2) is 54.4. The van der Waals surface area contributed by atoms with E-state index in [1.165, 1.54) is 76.5 Å². The van der Waals surface area contributed by atoms with E-state index in [0.717, 1.165) is 137 Å². The zero-order valence-electron chi connectivity index (χ0n) is 78.2.